The van der Waals surface area contributed by atoms with E-state index in [1.807, 2.05) is 6.07 Å². The van der Waals surface area contributed by atoms with Crippen LogP contribution in [0, 0.1) is 0 Å². The van der Waals surface area contributed by atoms with Gasteiger partial charge in [0.25, 0.3) is 0 Å². The van der Waals surface area contributed by atoms with E-state index in [-0.39, 0.29) is 17.2 Å². The zero-order valence-electron chi connectivity index (χ0n) is 15.0. The van der Waals surface area contributed by atoms with E-state index in [1.54, 1.807) is 25.1 Å². The molecule has 0 radical (unpaired) electrons. The Morgan fingerprint density at radius 2 is 1.96 bits per heavy atom. The van der Waals surface area contributed by atoms with Gasteiger partial charge in [0.2, 0.25) is 8.32 Å². The highest BCUT2D eigenvalue weighted by molar-refractivity contribution is 6.74. The highest BCUT2D eigenvalue weighted by Gasteiger charge is 2.39. The molecule has 1 aromatic carbocycles. The lowest BCUT2D eigenvalue weighted by molar-refractivity contribution is -0.139. The Hall–Kier alpha value is -1.59. The molecular weight excluding hydrogens is 308 g/mol. The fourth-order valence-electron chi connectivity index (χ4n) is 1.73. The van der Waals surface area contributed by atoms with Gasteiger partial charge in [-0.2, -0.15) is 0 Å². The summed E-state index contributed by atoms with van der Waals surface area (Å²) in [4.78, 5) is 11.7. The van der Waals surface area contributed by atoms with Gasteiger partial charge in [-0.25, -0.2) is 4.79 Å². The molecule has 0 aliphatic rings. The molecule has 0 spiro atoms. The Labute approximate surface area is 140 Å². The Morgan fingerprint density at radius 1 is 1.35 bits per heavy atom. The average Bonchev–Trinajstić information content (AvgIpc) is 2.44. The van der Waals surface area contributed by atoms with Crippen molar-refractivity contribution >= 4 is 14.3 Å². The molecule has 0 saturated carbocycles. The monoisotopic (exact) mass is 336 g/mol. The Balaban J connectivity index is 2.97. The zero-order valence-corrected chi connectivity index (χ0v) is 16.0. The summed E-state index contributed by atoms with van der Waals surface area (Å²) >= 11 is 0. The van der Waals surface area contributed by atoms with Crippen molar-refractivity contribution in [3.63, 3.8) is 0 Å². The summed E-state index contributed by atoms with van der Waals surface area (Å²) < 4.78 is 11.1. The third kappa shape index (κ3) is 4.94. The van der Waals surface area contributed by atoms with Crippen LogP contribution in [0.4, 0.5) is 0 Å². The smallest absolute Gasteiger partial charge is 0.336 e. The summed E-state index contributed by atoms with van der Waals surface area (Å²) in [5.74, 6) is 0.112. The second kappa shape index (κ2) is 7.32. The minimum Gasteiger partial charge on any atom is -0.543 e. The van der Waals surface area contributed by atoms with E-state index in [0.717, 1.165) is 0 Å². The van der Waals surface area contributed by atoms with E-state index in [4.69, 9.17) is 9.16 Å². The minimum atomic E-state index is -1.96. The fraction of sp³-hybridized carbons (Fsp3) is 0.500. The number of hydrogen-bond donors (Lipinski definition) is 1. The van der Waals surface area contributed by atoms with Crippen molar-refractivity contribution in [3.8, 4) is 5.75 Å². The molecule has 1 unspecified atom stereocenters. The summed E-state index contributed by atoms with van der Waals surface area (Å²) in [5.41, 5.74) is 0.593. The van der Waals surface area contributed by atoms with Gasteiger partial charge in [-0.3, -0.25) is 0 Å². The van der Waals surface area contributed by atoms with Crippen LogP contribution in [0.3, 0.4) is 0 Å². The van der Waals surface area contributed by atoms with Crippen molar-refractivity contribution < 1.29 is 19.1 Å². The molecule has 0 fully saturated rings. The van der Waals surface area contributed by atoms with Gasteiger partial charge in [-0.05, 0) is 42.8 Å². The number of aliphatic hydroxyl groups is 1. The number of benzene rings is 1. The summed E-state index contributed by atoms with van der Waals surface area (Å²) in [6.45, 7) is 16.4. The van der Waals surface area contributed by atoms with E-state index in [2.05, 4.69) is 40.4 Å². The third-order valence-electron chi connectivity index (χ3n) is 4.22. The molecule has 0 amide bonds. The topological polar surface area (TPSA) is 55.8 Å². The van der Waals surface area contributed by atoms with E-state index in [9.17, 15) is 9.90 Å². The molecule has 23 heavy (non-hydrogen) atoms. The van der Waals surface area contributed by atoms with Crippen LogP contribution in [0.1, 0.15) is 39.4 Å². The number of esters is 1. The van der Waals surface area contributed by atoms with Crippen molar-refractivity contribution in [2.75, 3.05) is 6.61 Å². The maximum atomic E-state index is 11.7. The van der Waals surface area contributed by atoms with Gasteiger partial charge in [0.15, 0.2) is 0 Å². The van der Waals surface area contributed by atoms with Gasteiger partial charge in [-0.1, -0.05) is 39.5 Å². The lowest BCUT2D eigenvalue weighted by Gasteiger charge is -2.36. The molecule has 128 valence electrons. The first kappa shape index (κ1) is 19.5. The van der Waals surface area contributed by atoms with Gasteiger partial charge >= 0.3 is 5.97 Å². The Kier molecular flexibility index (Phi) is 6.19. The molecular formula is C18H28O4Si. The molecule has 0 aliphatic carbocycles. The number of ether oxygens (including phenoxy) is 1. The molecule has 1 rings (SSSR count). The molecule has 0 heterocycles. The average molecular weight is 337 g/mol. The SMILES string of the molecule is C=C(C(=O)OCC)C(O)c1cccc(O[Si](C)(C)C(C)(C)C)c1. The van der Waals surface area contributed by atoms with Crippen molar-refractivity contribution in [3.05, 3.63) is 42.0 Å². The first-order valence-electron chi connectivity index (χ1n) is 7.82. The normalized spacial score (nSPS) is 13.3. The molecule has 0 saturated heterocycles. The highest BCUT2D eigenvalue weighted by Crippen LogP contribution is 2.37. The van der Waals surface area contributed by atoms with Crippen LogP contribution < -0.4 is 4.43 Å². The van der Waals surface area contributed by atoms with Crippen LogP contribution in [0.2, 0.25) is 18.1 Å². The zero-order chi connectivity index (χ0) is 17.8. The molecule has 0 bridgehead atoms. The summed E-state index contributed by atoms with van der Waals surface area (Å²) in [6.07, 6.45) is -1.10. The van der Waals surface area contributed by atoms with Gasteiger partial charge in [0, 0.05) is 0 Å². The molecule has 5 heteroatoms. The summed E-state index contributed by atoms with van der Waals surface area (Å²) in [7, 11) is -1.96. The molecule has 1 atom stereocenters. The highest BCUT2D eigenvalue weighted by atomic mass is 28.4. The molecule has 1 aromatic rings. The molecule has 0 aromatic heterocycles. The lowest BCUT2D eigenvalue weighted by atomic mass is 10.0. The van der Waals surface area contributed by atoms with Crippen molar-refractivity contribution in [2.24, 2.45) is 0 Å². The predicted molar refractivity (Wildman–Crippen MR) is 95.0 cm³/mol. The van der Waals surface area contributed by atoms with Crippen molar-refractivity contribution in [2.45, 2.75) is 51.9 Å². The minimum absolute atomic E-state index is 0.0244. The molecule has 4 nitrogen and oxygen atoms in total. The third-order valence-corrected chi connectivity index (χ3v) is 8.58. The second-order valence-corrected chi connectivity index (χ2v) is 11.8. The van der Waals surface area contributed by atoms with E-state index in [0.29, 0.717) is 11.3 Å². The fourth-order valence-corrected chi connectivity index (χ4v) is 2.75. The summed E-state index contributed by atoms with van der Waals surface area (Å²) in [5, 5.41) is 10.4. The quantitative estimate of drug-likeness (QED) is 0.480. The number of carbonyl (C=O) groups excluding carboxylic acids is 1. The summed E-state index contributed by atoms with van der Waals surface area (Å²) in [6, 6.07) is 7.17. The first-order valence-corrected chi connectivity index (χ1v) is 10.7. The number of hydrogen-bond acceptors (Lipinski definition) is 4. The molecule has 0 aliphatic heterocycles. The van der Waals surface area contributed by atoms with Crippen LogP contribution in [-0.2, 0) is 9.53 Å². The van der Waals surface area contributed by atoms with Gasteiger partial charge < -0.3 is 14.3 Å². The maximum absolute atomic E-state index is 11.7. The van der Waals surface area contributed by atoms with E-state index >= 15 is 0 Å². The number of aliphatic hydroxyl groups excluding tert-OH is 1. The van der Waals surface area contributed by atoms with Gasteiger partial charge in [0.05, 0.1) is 12.2 Å². The Morgan fingerprint density at radius 3 is 2.48 bits per heavy atom. The van der Waals surface area contributed by atoms with Crippen molar-refractivity contribution in [1.82, 2.24) is 0 Å². The van der Waals surface area contributed by atoms with Crippen LogP contribution in [0.15, 0.2) is 36.4 Å². The standard InChI is InChI=1S/C18H28O4Si/c1-8-21-17(20)13(2)16(19)14-10-9-11-15(12-14)22-23(6,7)18(3,4)5/h9-12,16,19H,2,8H2,1,3-7H3. The van der Waals surface area contributed by atoms with Gasteiger partial charge in [-0.15, -0.1) is 0 Å². The molecule has 1 N–H and O–H groups in total. The largest absolute Gasteiger partial charge is 0.543 e. The Bertz CT molecular complexity index is 573. The van der Waals surface area contributed by atoms with E-state index < -0.39 is 20.4 Å². The second-order valence-electron chi connectivity index (χ2n) is 7.08. The van der Waals surface area contributed by atoms with E-state index in [1.165, 1.54) is 0 Å². The predicted octanol–water partition coefficient (Wildman–Crippen LogP) is 4.22. The van der Waals surface area contributed by atoms with Crippen molar-refractivity contribution in [1.29, 1.82) is 0 Å². The van der Waals surface area contributed by atoms with Crippen LogP contribution in [0.25, 0.3) is 0 Å². The maximum Gasteiger partial charge on any atom is 0.336 e. The van der Waals surface area contributed by atoms with Crippen LogP contribution >= 0.6 is 0 Å². The number of rotatable bonds is 6. The van der Waals surface area contributed by atoms with Crippen LogP contribution in [0.5, 0.6) is 5.75 Å². The van der Waals surface area contributed by atoms with Crippen LogP contribution in [-0.4, -0.2) is 26.0 Å². The van der Waals surface area contributed by atoms with Gasteiger partial charge in [0.1, 0.15) is 11.9 Å². The first-order chi connectivity index (χ1) is 10.5. The lowest BCUT2D eigenvalue weighted by Crippen LogP contribution is -2.43. The number of carbonyl (C=O) groups is 1.